The van der Waals surface area contributed by atoms with E-state index in [2.05, 4.69) is 25.2 Å². The van der Waals surface area contributed by atoms with Gasteiger partial charge in [0.25, 0.3) is 0 Å². The van der Waals surface area contributed by atoms with E-state index >= 15 is 0 Å². The van der Waals surface area contributed by atoms with Crippen LogP contribution in [-0.4, -0.2) is 11.1 Å². The van der Waals surface area contributed by atoms with Crippen molar-refractivity contribution in [2.75, 3.05) is 0 Å². The summed E-state index contributed by atoms with van der Waals surface area (Å²) in [5, 5.41) is 8.40. The Hall–Kier alpha value is -2.35. The topological polar surface area (TPSA) is 37.3 Å². The molecule has 0 saturated heterocycles. The summed E-state index contributed by atoms with van der Waals surface area (Å²) in [4.78, 5) is 10.2. The van der Waals surface area contributed by atoms with Crippen molar-refractivity contribution in [1.82, 2.24) is 0 Å². The number of carbonyl (C=O) groups is 1. The second kappa shape index (κ2) is 19.7. The van der Waals surface area contributed by atoms with E-state index in [0.29, 0.717) is 0 Å². The van der Waals surface area contributed by atoms with Crippen molar-refractivity contribution < 1.29 is 9.90 Å². The molecule has 0 rings (SSSR count). The van der Waals surface area contributed by atoms with Crippen LogP contribution >= 0.6 is 0 Å². The molecular formula is C23H32O2. The molecule has 1 N–H and O–H groups in total. The summed E-state index contributed by atoms with van der Waals surface area (Å²) in [5.74, 6) is -0.941. The van der Waals surface area contributed by atoms with Crippen LogP contribution in [0.25, 0.3) is 0 Å². The van der Waals surface area contributed by atoms with Gasteiger partial charge in [0, 0.05) is 6.08 Å². The summed E-state index contributed by atoms with van der Waals surface area (Å²) < 4.78 is 0. The molecule has 0 bridgehead atoms. The van der Waals surface area contributed by atoms with E-state index in [1.54, 1.807) is 12.2 Å². The Morgan fingerprint density at radius 1 is 0.640 bits per heavy atom. The number of carboxylic acid groups (broad SMARTS) is 1. The minimum absolute atomic E-state index is 0.941. The molecule has 0 heterocycles. The van der Waals surface area contributed by atoms with Crippen LogP contribution in [0.3, 0.4) is 0 Å². The summed E-state index contributed by atoms with van der Waals surface area (Å²) in [6.45, 7) is 2.25. The fourth-order valence-electron chi connectivity index (χ4n) is 2.00. The van der Waals surface area contributed by atoms with Gasteiger partial charge in [0.05, 0.1) is 0 Å². The second-order valence-electron chi connectivity index (χ2n) is 5.61. The SMILES string of the molecule is CCCCCCCC/C=C/C=C/C=C/C=C/C=C/C=C/C=C/C(=O)O. The molecule has 0 aliphatic heterocycles. The van der Waals surface area contributed by atoms with Crippen molar-refractivity contribution in [1.29, 1.82) is 0 Å². The lowest BCUT2D eigenvalue weighted by atomic mass is 10.1. The first-order valence-electron chi connectivity index (χ1n) is 9.17. The molecule has 0 aromatic carbocycles. The molecule has 0 unspecified atom stereocenters. The lowest BCUT2D eigenvalue weighted by Gasteiger charge is -1.97. The maximum atomic E-state index is 10.2. The number of unbranched alkanes of at least 4 members (excludes halogenated alkanes) is 6. The van der Waals surface area contributed by atoms with E-state index in [-0.39, 0.29) is 0 Å². The molecule has 0 radical (unpaired) electrons. The van der Waals surface area contributed by atoms with E-state index in [0.717, 1.165) is 6.08 Å². The first-order chi connectivity index (χ1) is 12.3. The van der Waals surface area contributed by atoms with Crippen molar-refractivity contribution in [2.24, 2.45) is 0 Å². The lowest BCUT2D eigenvalue weighted by Crippen LogP contribution is -1.84. The molecule has 0 saturated carbocycles. The highest BCUT2D eigenvalue weighted by Gasteiger charge is 1.87. The summed E-state index contributed by atoms with van der Waals surface area (Å²) in [6.07, 6.45) is 35.2. The lowest BCUT2D eigenvalue weighted by molar-refractivity contribution is -0.131. The third kappa shape index (κ3) is 21.6. The van der Waals surface area contributed by atoms with Crippen LogP contribution in [0, 0.1) is 0 Å². The first kappa shape index (κ1) is 22.6. The maximum absolute atomic E-state index is 10.2. The first-order valence-corrected chi connectivity index (χ1v) is 9.17. The zero-order chi connectivity index (χ0) is 18.4. The van der Waals surface area contributed by atoms with E-state index in [1.165, 1.54) is 51.0 Å². The van der Waals surface area contributed by atoms with Gasteiger partial charge in [-0.1, -0.05) is 118 Å². The smallest absolute Gasteiger partial charge is 0.328 e. The number of hydrogen-bond acceptors (Lipinski definition) is 1. The molecule has 0 fully saturated rings. The number of carboxylic acids is 1. The zero-order valence-electron chi connectivity index (χ0n) is 15.4. The average Bonchev–Trinajstić information content (AvgIpc) is 2.60. The van der Waals surface area contributed by atoms with Gasteiger partial charge >= 0.3 is 5.97 Å². The molecule has 0 spiro atoms. The predicted octanol–water partition coefficient (Wildman–Crippen LogP) is 6.72. The molecule has 0 aromatic heterocycles. The van der Waals surface area contributed by atoms with E-state index < -0.39 is 5.97 Å². The second-order valence-corrected chi connectivity index (χ2v) is 5.61. The van der Waals surface area contributed by atoms with E-state index in [4.69, 9.17) is 5.11 Å². The average molecular weight is 341 g/mol. The van der Waals surface area contributed by atoms with Gasteiger partial charge in [-0.15, -0.1) is 0 Å². The summed E-state index contributed by atoms with van der Waals surface area (Å²) in [5.41, 5.74) is 0. The van der Waals surface area contributed by atoms with Crippen molar-refractivity contribution >= 4 is 5.97 Å². The summed E-state index contributed by atoms with van der Waals surface area (Å²) >= 11 is 0. The van der Waals surface area contributed by atoms with Crippen LogP contribution in [0.2, 0.25) is 0 Å². The Kier molecular flexibility index (Phi) is 17.8. The Bertz CT molecular complexity index is 514. The van der Waals surface area contributed by atoms with Gasteiger partial charge in [-0.05, 0) is 12.8 Å². The number of allylic oxidation sites excluding steroid dienone is 13. The molecule has 0 aromatic rings. The predicted molar refractivity (Wildman–Crippen MR) is 110 cm³/mol. The fraction of sp³-hybridized carbons (Fsp3) is 0.348. The van der Waals surface area contributed by atoms with Gasteiger partial charge in [0.1, 0.15) is 0 Å². The number of hydrogen-bond donors (Lipinski definition) is 1. The maximum Gasteiger partial charge on any atom is 0.328 e. The number of aliphatic carboxylic acids is 1. The van der Waals surface area contributed by atoms with Crippen LogP contribution in [0.5, 0.6) is 0 Å². The highest BCUT2D eigenvalue weighted by molar-refractivity contribution is 5.80. The quantitative estimate of drug-likeness (QED) is 0.217. The van der Waals surface area contributed by atoms with Crippen LogP contribution in [0.4, 0.5) is 0 Å². The highest BCUT2D eigenvalue weighted by Crippen LogP contribution is 2.07. The molecule has 0 aliphatic rings. The molecule has 2 nitrogen and oxygen atoms in total. The monoisotopic (exact) mass is 340 g/mol. The molecule has 136 valence electrons. The molecule has 0 aliphatic carbocycles. The van der Waals surface area contributed by atoms with Gasteiger partial charge in [-0.2, -0.15) is 0 Å². The van der Waals surface area contributed by atoms with Gasteiger partial charge < -0.3 is 5.11 Å². The standard InChI is InChI=1S/C23H32O2/c1-2-3-4-5-6-7-8-9-10-11-12-13-14-15-16-17-18-19-20-21-22-23(24)25/h9-22H,2-8H2,1H3,(H,24,25)/b10-9+,12-11+,14-13+,16-15+,18-17+,20-19+,22-21+. The molecular weight excluding hydrogens is 308 g/mol. The van der Waals surface area contributed by atoms with Crippen molar-refractivity contribution in [3.8, 4) is 0 Å². The van der Waals surface area contributed by atoms with Crippen LogP contribution < -0.4 is 0 Å². The highest BCUT2D eigenvalue weighted by atomic mass is 16.4. The Morgan fingerprint density at radius 3 is 1.60 bits per heavy atom. The van der Waals surface area contributed by atoms with Gasteiger partial charge in [0.2, 0.25) is 0 Å². The summed E-state index contributed by atoms with van der Waals surface area (Å²) in [6, 6.07) is 0. The summed E-state index contributed by atoms with van der Waals surface area (Å²) in [7, 11) is 0. The molecule has 0 amide bonds. The largest absolute Gasteiger partial charge is 0.478 e. The Morgan fingerprint density at radius 2 is 1.08 bits per heavy atom. The molecule has 25 heavy (non-hydrogen) atoms. The number of rotatable bonds is 14. The van der Waals surface area contributed by atoms with Crippen LogP contribution in [0.15, 0.2) is 85.1 Å². The minimum atomic E-state index is -0.941. The van der Waals surface area contributed by atoms with E-state index in [9.17, 15) is 4.79 Å². The fourth-order valence-corrected chi connectivity index (χ4v) is 2.00. The molecule has 0 atom stereocenters. The Labute approximate surface area is 153 Å². The third-order valence-electron chi connectivity index (χ3n) is 3.32. The van der Waals surface area contributed by atoms with Gasteiger partial charge in [-0.25, -0.2) is 4.79 Å². The van der Waals surface area contributed by atoms with Crippen molar-refractivity contribution in [3.63, 3.8) is 0 Å². The van der Waals surface area contributed by atoms with Crippen molar-refractivity contribution in [3.05, 3.63) is 85.1 Å². The van der Waals surface area contributed by atoms with Gasteiger partial charge in [-0.3, -0.25) is 0 Å². The van der Waals surface area contributed by atoms with E-state index in [1.807, 2.05) is 42.5 Å². The van der Waals surface area contributed by atoms with Crippen LogP contribution in [0.1, 0.15) is 51.9 Å². The van der Waals surface area contributed by atoms with Crippen LogP contribution in [-0.2, 0) is 4.79 Å². The molecule has 2 heteroatoms. The minimum Gasteiger partial charge on any atom is -0.478 e. The Balaban J connectivity index is 3.67. The zero-order valence-corrected chi connectivity index (χ0v) is 15.4. The third-order valence-corrected chi connectivity index (χ3v) is 3.32. The van der Waals surface area contributed by atoms with Crippen molar-refractivity contribution in [2.45, 2.75) is 51.9 Å². The normalized spacial score (nSPS) is 13.3. The van der Waals surface area contributed by atoms with Gasteiger partial charge in [0.15, 0.2) is 0 Å².